The second-order valence-corrected chi connectivity index (χ2v) is 8.02. The minimum Gasteiger partial charge on any atom is -0.390 e. The summed E-state index contributed by atoms with van der Waals surface area (Å²) in [5.74, 6) is 0.869. The van der Waals surface area contributed by atoms with Gasteiger partial charge in [0.1, 0.15) is 0 Å². The average Bonchev–Trinajstić information content (AvgIpc) is 2.74. The third-order valence-corrected chi connectivity index (χ3v) is 6.09. The van der Waals surface area contributed by atoms with E-state index in [9.17, 15) is 5.11 Å². The molecular weight excluding hydrogens is 350 g/mol. The molecule has 2 aliphatic heterocycles. The molecule has 1 aromatic heterocycles. The summed E-state index contributed by atoms with van der Waals surface area (Å²) in [4.78, 5) is 7.19. The van der Waals surface area contributed by atoms with Crippen LogP contribution >= 0.6 is 0 Å². The highest BCUT2D eigenvalue weighted by Gasteiger charge is 2.34. The van der Waals surface area contributed by atoms with Crippen LogP contribution in [0.5, 0.6) is 0 Å². The zero-order valence-corrected chi connectivity index (χ0v) is 16.7. The summed E-state index contributed by atoms with van der Waals surface area (Å²) in [5.41, 5.74) is 2.33. The van der Waals surface area contributed by atoms with E-state index >= 15 is 0 Å². The van der Waals surface area contributed by atoms with Crippen LogP contribution < -0.4 is 4.90 Å². The molecule has 4 rings (SSSR count). The molecule has 2 atom stereocenters. The van der Waals surface area contributed by atoms with Crippen molar-refractivity contribution in [3.63, 3.8) is 0 Å². The van der Waals surface area contributed by atoms with E-state index in [1.165, 1.54) is 5.56 Å². The molecule has 28 heavy (non-hydrogen) atoms. The number of aliphatic hydroxyl groups is 1. The Hall–Kier alpha value is -2.02. The van der Waals surface area contributed by atoms with Crippen molar-refractivity contribution in [1.82, 2.24) is 20.0 Å². The van der Waals surface area contributed by atoms with Gasteiger partial charge in [-0.15, -0.1) is 5.10 Å². The molecule has 2 aliphatic rings. The van der Waals surface area contributed by atoms with Crippen LogP contribution in [0, 0.1) is 6.92 Å². The van der Waals surface area contributed by atoms with Crippen LogP contribution in [0.15, 0.2) is 42.5 Å². The van der Waals surface area contributed by atoms with Gasteiger partial charge in [-0.3, -0.25) is 4.90 Å². The molecule has 6 heteroatoms. The zero-order valence-electron chi connectivity index (χ0n) is 16.7. The first kappa shape index (κ1) is 19.3. The van der Waals surface area contributed by atoms with Gasteiger partial charge in [0.15, 0.2) is 5.82 Å². The lowest BCUT2D eigenvalue weighted by Crippen LogP contribution is -2.59. The molecule has 0 amide bonds. The van der Waals surface area contributed by atoms with Gasteiger partial charge in [0.05, 0.1) is 11.8 Å². The summed E-state index contributed by atoms with van der Waals surface area (Å²) in [6.07, 6.45) is 1.74. The van der Waals surface area contributed by atoms with Gasteiger partial charge < -0.3 is 14.9 Å². The maximum atomic E-state index is 10.8. The van der Waals surface area contributed by atoms with Crippen molar-refractivity contribution in [3.8, 4) is 0 Å². The van der Waals surface area contributed by atoms with Crippen molar-refractivity contribution in [2.45, 2.75) is 31.9 Å². The maximum absolute atomic E-state index is 10.8. The lowest BCUT2D eigenvalue weighted by molar-refractivity contribution is 0.00965. The molecule has 150 valence electrons. The summed E-state index contributed by atoms with van der Waals surface area (Å²) >= 11 is 0. The normalized spacial score (nSPS) is 24.4. The first-order valence-electron chi connectivity index (χ1n) is 10.4. The third kappa shape index (κ3) is 4.69. The number of hydrogen-bond donors (Lipinski definition) is 1. The molecule has 0 aliphatic carbocycles. The maximum Gasteiger partial charge on any atom is 0.151 e. The minimum atomic E-state index is -0.340. The fourth-order valence-electron chi connectivity index (χ4n) is 4.36. The van der Waals surface area contributed by atoms with Gasteiger partial charge in [-0.2, -0.15) is 5.10 Å². The van der Waals surface area contributed by atoms with Gasteiger partial charge in [-0.25, -0.2) is 0 Å². The first-order chi connectivity index (χ1) is 13.7. The van der Waals surface area contributed by atoms with Crippen molar-refractivity contribution in [2.75, 3.05) is 50.7 Å². The number of nitrogens with zero attached hydrogens (tertiary/aromatic N) is 5. The third-order valence-electron chi connectivity index (χ3n) is 6.09. The number of piperidine rings is 1. The van der Waals surface area contributed by atoms with Crippen molar-refractivity contribution in [1.29, 1.82) is 0 Å². The highest BCUT2D eigenvalue weighted by atomic mass is 16.3. The fraction of sp³-hybridized carbons (Fsp3) is 0.545. The summed E-state index contributed by atoms with van der Waals surface area (Å²) in [5, 5.41) is 19.2. The monoisotopic (exact) mass is 381 g/mol. The van der Waals surface area contributed by atoms with Gasteiger partial charge in [0.25, 0.3) is 0 Å². The van der Waals surface area contributed by atoms with Crippen molar-refractivity contribution in [2.24, 2.45) is 0 Å². The van der Waals surface area contributed by atoms with Crippen molar-refractivity contribution >= 4 is 5.82 Å². The van der Waals surface area contributed by atoms with Gasteiger partial charge in [-0.05, 0) is 37.5 Å². The smallest absolute Gasteiger partial charge is 0.151 e. The molecule has 0 saturated carbocycles. The number of anilines is 1. The second kappa shape index (κ2) is 8.99. The Kier molecular flexibility index (Phi) is 6.20. The van der Waals surface area contributed by atoms with Crippen LogP contribution in [0.4, 0.5) is 5.82 Å². The molecule has 1 aromatic carbocycles. The summed E-state index contributed by atoms with van der Waals surface area (Å²) in [6, 6.07) is 15.0. The molecule has 6 nitrogen and oxygen atoms in total. The molecule has 2 aromatic rings. The Labute approximate surface area is 167 Å². The van der Waals surface area contributed by atoms with E-state index in [4.69, 9.17) is 0 Å². The highest BCUT2D eigenvalue weighted by molar-refractivity contribution is 5.38. The van der Waals surface area contributed by atoms with E-state index < -0.39 is 0 Å². The second-order valence-electron chi connectivity index (χ2n) is 8.02. The SMILES string of the molecule is Cc1ccc(N2CC[C@H](N3CCN(CCc4ccccc4)CC3)[C@@H](O)C2)nn1. The Morgan fingerprint density at radius 1 is 0.964 bits per heavy atom. The molecule has 2 saturated heterocycles. The fourth-order valence-corrected chi connectivity index (χ4v) is 4.36. The molecular formula is C22H31N5O. The van der Waals surface area contributed by atoms with Gasteiger partial charge in [0, 0.05) is 51.9 Å². The molecule has 0 radical (unpaired) electrons. The molecule has 2 fully saturated rings. The van der Waals surface area contributed by atoms with E-state index in [0.29, 0.717) is 6.54 Å². The van der Waals surface area contributed by atoms with Crippen LogP contribution in [-0.4, -0.2) is 83.1 Å². The number of aliphatic hydroxyl groups excluding tert-OH is 1. The van der Waals surface area contributed by atoms with Gasteiger partial charge in [0.2, 0.25) is 0 Å². The van der Waals surface area contributed by atoms with E-state index in [0.717, 1.165) is 63.6 Å². The molecule has 0 spiro atoms. The Morgan fingerprint density at radius 3 is 2.43 bits per heavy atom. The van der Waals surface area contributed by atoms with E-state index in [1.54, 1.807) is 0 Å². The predicted molar refractivity (Wildman–Crippen MR) is 112 cm³/mol. The number of benzene rings is 1. The standard InChI is InChI=1S/C22H31N5O/c1-18-7-8-22(24-23-18)27-12-10-20(21(28)17-27)26-15-13-25(14-16-26)11-9-19-5-3-2-4-6-19/h2-8,20-21,28H,9-17H2,1H3/t20-,21-/m0/s1. The summed E-state index contributed by atoms with van der Waals surface area (Å²) in [6.45, 7) is 8.88. The zero-order chi connectivity index (χ0) is 19.3. The molecule has 1 N–H and O–H groups in total. The summed E-state index contributed by atoms with van der Waals surface area (Å²) < 4.78 is 0. The van der Waals surface area contributed by atoms with Crippen LogP contribution in [0.1, 0.15) is 17.7 Å². The molecule has 0 unspecified atom stereocenters. The Bertz CT molecular complexity index is 730. The number of β-amino-alcohol motifs (C(OH)–C–C–N with tert-alkyl or cyclic N) is 1. The number of rotatable bonds is 5. The van der Waals surface area contributed by atoms with Crippen LogP contribution in [0.25, 0.3) is 0 Å². The number of aryl methyl sites for hydroxylation is 1. The number of piperazine rings is 1. The summed E-state index contributed by atoms with van der Waals surface area (Å²) in [7, 11) is 0. The van der Waals surface area contributed by atoms with Gasteiger partial charge in [-0.1, -0.05) is 30.3 Å². The number of hydrogen-bond acceptors (Lipinski definition) is 6. The van der Waals surface area contributed by atoms with Crippen LogP contribution in [-0.2, 0) is 6.42 Å². The topological polar surface area (TPSA) is 55.7 Å². The predicted octanol–water partition coefficient (Wildman–Crippen LogP) is 1.58. The minimum absolute atomic E-state index is 0.255. The van der Waals surface area contributed by atoms with Crippen LogP contribution in [0.2, 0.25) is 0 Å². The highest BCUT2D eigenvalue weighted by Crippen LogP contribution is 2.22. The Balaban J connectivity index is 1.24. The first-order valence-corrected chi connectivity index (χ1v) is 10.4. The number of aromatic nitrogens is 2. The molecule has 0 bridgehead atoms. The van der Waals surface area contributed by atoms with E-state index in [1.807, 2.05) is 19.1 Å². The largest absolute Gasteiger partial charge is 0.390 e. The van der Waals surface area contributed by atoms with E-state index in [-0.39, 0.29) is 12.1 Å². The van der Waals surface area contributed by atoms with Crippen molar-refractivity contribution < 1.29 is 5.11 Å². The Morgan fingerprint density at radius 2 is 1.75 bits per heavy atom. The quantitative estimate of drug-likeness (QED) is 0.849. The van der Waals surface area contributed by atoms with E-state index in [2.05, 4.69) is 55.2 Å². The lowest BCUT2D eigenvalue weighted by Gasteiger charge is -2.45. The lowest BCUT2D eigenvalue weighted by atomic mass is 9.99. The van der Waals surface area contributed by atoms with Crippen molar-refractivity contribution in [3.05, 3.63) is 53.7 Å². The van der Waals surface area contributed by atoms with Crippen LogP contribution in [0.3, 0.4) is 0 Å². The molecule has 3 heterocycles. The average molecular weight is 382 g/mol. The van der Waals surface area contributed by atoms with Gasteiger partial charge >= 0.3 is 0 Å².